The number of rotatable bonds is 9. The molecule has 1 atom stereocenters. The van der Waals surface area contributed by atoms with Crippen LogP contribution in [0.2, 0.25) is 0 Å². The Morgan fingerprint density at radius 3 is 2.45 bits per heavy atom. The fourth-order valence-electron chi connectivity index (χ4n) is 2.98. The van der Waals surface area contributed by atoms with Crippen molar-refractivity contribution < 1.29 is 9.47 Å². The van der Waals surface area contributed by atoms with Crippen molar-refractivity contribution >= 4 is 29.9 Å². The smallest absolute Gasteiger partial charge is 0.191 e. The summed E-state index contributed by atoms with van der Waals surface area (Å²) in [5, 5.41) is 6.77. The molecule has 0 aliphatic carbocycles. The Morgan fingerprint density at radius 2 is 1.79 bits per heavy atom. The molecule has 7 heteroatoms. The molecule has 0 aromatic heterocycles. The summed E-state index contributed by atoms with van der Waals surface area (Å²) in [6, 6.07) is 16.3. The van der Waals surface area contributed by atoms with E-state index in [1.165, 1.54) is 5.56 Å². The summed E-state index contributed by atoms with van der Waals surface area (Å²) in [7, 11) is 7.52. The van der Waals surface area contributed by atoms with Crippen molar-refractivity contribution in [3.8, 4) is 11.5 Å². The predicted octanol–water partition coefficient (Wildman–Crippen LogP) is 3.68. The molecule has 0 amide bonds. The lowest BCUT2D eigenvalue weighted by Crippen LogP contribution is -2.41. The van der Waals surface area contributed by atoms with E-state index in [2.05, 4.69) is 48.7 Å². The van der Waals surface area contributed by atoms with Gasteiger partial charge in [0.25, 0.3) is 0 Å². The van der Waals surface area contributed by atoms with Gasteiger partial charge in [0.15, 0.2) is 5.96 Å². The van der Waals surface area contributed by atoms with Crippen LogP contribution in [0.4, 0.5) is 0 Å². The van der Waals surface area contributed by atoms with E-state index in [1.54, 1.807) is 14.2 Å². The van der Waals surface area contributed by atoms with Gasteiger partial charge in [0, 0.05) is 18.7 Å². The minimum absolute atomic E-state index is 0. The molecule has 0 bridgehead atoms. The molecule has 0 saturated heterocycles. The number of halogens is 1. The van der Waals surface area contributed by atoms with E-state index >= 15 is 0 Å². The van der Waals surface area contributed by atoms with Gasteiger partial charge in [-0.25, -0.2) is 4.99 Å². The zero-order valence-corrected chi connectivity index (χ0v) is 20.3. The number of methoxy groups -OCH3 is 2. The van der Waals surface area contributed by atoms with Crippen molar-refractivity contribution in [3.63, 3.8) is 0 Å². The molecule has 2 N–H and O–H groups in total. The van der Waals surface area contributed by atoms with E-state index in [4.69, 9.17) is 14.5 Å². The van der Waals surface area contributed by atoms with Crippen molar-refractivity contribution in [3.05, 3.63) is 59.7 Å². The Balaban J connectivity index is 0.00000420. The highest BCUT2D eigenvalue weighted by Gasteiger charge is 2.15. The first-order chi connectivity index (χ1) is 13.6. The second-order valence-electron chi connectivity index (χ2n) is 6.64. The number of aliphatic imine (C=N–C) groups is 1. The molecule has 29 heavy (non-hydrogen) atoms. The van der Waals surface area contributed by atoms with Crippen molar-refractivity contribution in [2.24, 2.45) is 4.99 Å². The van der Waals surface area contributed by atoms with Crippen LogP contribution in [-0.2, 0) is 6.54 Å². The topological polar surface area (TPSA) is 58.1 Å². The van der Waals surface area contributed by atoms with Crippen LogP contribution in [0.3, 0.4) is 0 Å². The maximum absolute atomic E-state index is 5.42. The molecule has 6 nitrogen and oxygen atoms in total. The molecule has 0 radical (unpaired) electrons. The third kappa shape index (κ3) is 7.74. The maximum atomic E-state index is 5.42. The third-order valence-electron chi connectivity index (χ3n) is 4.51. The molecule has 0 aliphatic heterocycles. The van der Waals surface area contributed by atoms with Crippen LogP contribution in [0.1, 0.15) is 24.1 Å². The summed E-state index contributed by atoms with van der Waals surface area (Å²) in [6.07, 6.45) is 0. The number of nitrogens with zero attached hydrogens (tertiary/aromatic N) is 2. The van der Waals surface area contributed by atoms with Crippen LogP contribution in [0, 0.1) is 0 Å². The number of likely N-dealkylation sites (N-methyl/N-ethyl adjacent to an activating group) is 1. The van der Waals surface area contributed by atoms with Gasteiger partial charge in [0.1, 0.15) is 11.5 Å². The summed E-state index contributed by atoms with van der Waals surface area (Å²) in [5.74, 6) is 2.49. The highest BCUT2D eigenvalue weighted by Crippen LogP contribution is 2.22. The molecular formula is C22H33IN4O2. The zero-order chi connectivity index (χ0) is 20.4. The SMILES string of the molecule is CCNC(=NCc1ccccc1OC)NCC(c1cccc(OC)c1)N(C)C.I. The summed E-state index contributed by atoms with van der Waals surface area (Å²) in [6.45, 7) is 4.12. The fraction of sp³-hybridized carbons (Fsp3) is 0.409. The van der Waals surface area contributed by atoms with Crippen LogP contribution in [-0.4, -0.2) is 52.3 Å². The van der Waals surface area contributed by atoms with Crippen LogP contribution in [0.15, 0.2) is 53.5 Å². The minimum Gasteiger partial charge on any atom is -0.497 e. The largest absolute Gasteiger partial charge is 0.497 e. The van der Waals surface area contributed by atoms with Gasteiger partial charge in [-0.15, -0.1) is 24.0 Å². The average Bonchev–Trinajstić information content (AvgIpc) is 2.72. The van der Waals surface area contributed by atoms with E-state index in [1.807, 2.05) is 36.4 Å². The number of guanidine groups is 1. The van der Waals surface area contributed by atoms with Crippen molar-refractivity contribution in [1.82, 2.24) is 15.5 Å². The molecule has 2 rings (SSSR count). The molecule has 0 saturated carbocycles. The Morgan fingerprint density at radius 1 is 1.03 bits per heavy atom. The lowest BCUT2D eigenvalue weighted by molar-refractivity contribution is 0.297. The van der Waals surface area contributed by atoms with Crippen LogP contribution in [0.25, 0.3) is 0 Å². The molecule has 1 unspecified atom stereocenters. The van der Waals surface area contributed by atoms with Crippen molar-refractivity contribution in [2.75, 3.05) is 41.4 Å². The van der Waals surface area contributed by atoms with Gasteiger partial charge >= 0.3 is 0 Å². The maximum Gasteiger partial charge on any atom is 0.191 e. The minimum atomic E-state index is 0. The lowest BCUT2D eigenvalue weighted by Gasteiger charge is -2.26. The zero-order valence-electron chi connectivity index (χ0n) is 17.9. The van der Waals surface area contributed by atoms with Gasteiger partial charge in [-0.1, -0.05) is 30.3 Å². The monoisotopic (exact) mass is 512 g/mol. The van der Waals surface area contributed by atoms with Gasteiger partial charge in [-0.05, 0) is 44.8 Å². The first-order valence-electron chi connectivity index (χ1n) is 9.53. The molecule has 0 heterocycles. The Hall–Kier alpha value is -2.00. The highest BCUT2D eigenvalue weighted by molar-refractivity contribution is 14.0. The van der Waals surface area contributed by atoms with E-state index in [-0.39, 0.29) is 30.0 Å². The molecule has 2 aromatic rings. The van der Waals surface area contributed by atoms with Crippen molar-refractivity contribution in [1.29, 1.82) is 0 Å². The van der Waals surface area contributed by atoms with Crippen LogP contribution >= 0.6 is 24.0 Å². The first kappa shape index (κ1) is 25.0. The normalized spacial score (nSPS) is 12.1. The first-order valence-corrected chi connectivity index (χ1v) is 9.53. The van der Waals surface area contributed by atoms with Gasteiger partial charge in [0.05, 0.1) is 26.8 Å². The summed E-state index contributed by atoms with van der Waals surface area (Å²) < 4.78 is 10.8. The van der Waals surface area contributed by atoms with Gasteiger partial charge in [0.2, 0.25) is 0 Å². The van der Waals surface area contributed by atoms with E-state index in [0.29, 0.717) is 6.54 Å². The van der Waals surface area contributed by atoms with E-state index in [0.717, 1.165) is 36.1 Å². The van der Waals surface area contributed by atoms with E-state index < -0.39 is 0 Å². The van der Waals surface area contributed by atoms with Gasteiger partial charge in [-0.3, -0.25) is 0 Å². The highest BCUT2D eigenvalue weighted by atomic mass is 127. The number of ether oxygens (including phenoxy) is 2. The Kier molecular flexibility index (Phi) is 11.5. The Bertz CT molecular complexity index is 768. The van der Waals surface area contributed by atoms with Crippen LogP contribution in [0.5, 0.6) is 11.5 Å². The van der Waals surface area contributed by atoms with Crippen molar-refractivity contribution in [2.45, 2.75) is 19.5 Å². The quantitative estimate of drug-likeness (QED) is 0.305. The summed E-state index contributed by atoms with van der Waals surface area (Å²) >= 11 is 0. The standard InChI is InChI=1S/C22H32N4O2.HI/c1-6-23-22(24-15-18-10-7-8-13-21(18)28-5)25-16-20(26(2)3)17-11-9-12-19(14-17)27-4;/h7-14,20H,6,15-16H2,1-5H3,(H2,23,24,25);1H. The molecule has 0 fully saturated rings. The fourth-order valence-corrected chi connectivity index (χ4v) is 2.98. The van der Waals surface area contributed by atoms with Crippen LogP contribution < -0.4 is 20.1 Å². The number of nitrogens with one attached hydrogen (secondary N) is 2. The average molecular weight is 512 g/mol. The third-order valence-corrected chi connectivity index (χ3v) is 4.51. The second-order valence-corrected chi connectivity index (χ2v) is 6.64. The second kappa shape index (κ2) is 13.3. The number of hydrogen-bond acceptors (Lipinski definition) is 4. The molecule has 0 spiro atoms. The number of benzene rings is 2. The van der Waals surface area contributed by atoms with Gasteiger partial charge < -0.3 is 25.0 Å². The lowest BCUT2D eigenvalue weighted by atomic mass is 10.1. The Labute approximate surface area is 191 Å². The van der Waals surface area contributed by atoms with E-state index in [9.17, 15) is 0 Å². The van der Waals surface area contributed by atoms with Gasteiger partial charge in [-0.2, -0.15) is 0 Å². The summed E-state index contributed by atoms with van der Waals surface area (Å²) in [4.78, 5) is 6.91. The number of hydrogen-bond donors (Lipinski definition) is 2. The molecule has 0 aliphatic rings. The molecular weight excluding hydrogens is 479 g/mol. The number of para-hydroxylation sites is 1. The molecule has 2 aromatic carbocycles. The summed E-state index contributed by atoms with van der Waals surface area (Å²) in [5.41, 5.74) is 2.25. The predicted molar refractivity (Wildman–Crippen MR) is 131 cm³/mol. The molecule has 160 valence electrons.